The maximum absolute atomic E-state index is 13.8. The highest BCUT2D eigenvalue weighted by Gasteiger charge is 2.51. The van der Waals surface area contributed by atoms with Crippen LogP contribution in [-0.4, -0.2) is 60.0 Å². The van der Waals surface area contributed by atoms with Crippen LogP contribution in [-0.2, 0) is 15.2 Å². The molecule has 1 aliphatic carbocycles. The second-order valence-corrected chi connectivity index (χ2v) is 11.0. The number of carboxylic acid groups (broad SMARTS) is 1. The van der Waals surface area contributed by atoms with E-state index in [1.165, 1.54) is 12.1 Å². The van der Waals surface area contributed by atoms with Crippen LogP contribution < -0.4 is 10.4 Å². The van der Waals surface area contributed by atoms with Crippen molar-refractivity contribution in [3.05, 3.63) is 95.3 Å². The van der Waals surface area contributed by atoms with Gasteiger partial charge in [0.2, 0.25) is 0 Å². The number of aliphatic hydroxyl groups is 1. The second kappa shape index (κ2) is 11.3. The minimum atomic E-state index is -1.70. The third kappa shape index (κ3) is 5.05. The van der Waals surface area contributed by atoms with E-state index in [0.717, 1.165) is 61.1 Å². The predicted octanol–water partition coefficient (Wildman–Crippen LogP) is 2.80. The van der Waals surface area contributed by atoms with Gasteiger partial charge in [-0.3, -0.25) is 9.59 Å². The van der Waals surface area contributed by atoms with Gasteiger partial charge in [-0.15, -0.1) is 0 Å². The summed E-state index contributed by atoms with van der Waals surface area (Å²) in [7, 11) is 0. The summed E-state index contributed by atoms with van der Waals surface area (Å²) < 4.78 is 14.1. The Morgan fingerprint density at radius 1 is 0.975 bits per heavy atom. The Morgan fingerprint density at radius 3 is 2.10 bits per heavy atom. The SMILES string of the molecule is O=C(CCC[N+]12CCC(CC1)[C@@H](NC(=O)C1(O)c3ccccc3-c3ccccc31)C2)c1ccc(F)cc1.O=C[O-]. The van der Waals surface area contributed by atoms with Crippen molar-refractivity contribution in [3.8, 4) is 11.1 Å². The molecule has 40 heavy (non-hydrogen) atoms. The maximum atomic E-state index is 13.8. The van der Waals surface area contributed by atoms with Crippen molar-refractivity contribution in [1.82, 2.24) is 5.32 Å². The van der Waals surface area contributed by atoms with Crippen LogP contribution in [0.5, 0.6) is 0 Å². The molecule has 1 atom stereocenters. The van der Waals surface area contributed by atoms with Gasteiger partial charge >= 0.3 is 0 Å². The molecule has 3 heterocycles. The van der Waals surface area contributed by atoms with E-state index < -0.39 is 12.1 Å². The zero-order chi connectivity index (χ0) is 28.3. The third-order valence-electron chi connectivity index (χ3n) is 8.87. The highest BCUT2D eigenvalue weighted by atomic mass is 19.1. The first-order chi connectivity index (χ1) is 19.3. The molecule has 2 bridgehead atoms. The van der Waals surface area contributed by atoms with Crippen LogP contribution in [0.3, 0.4) is 0 Å². The molecule has 0 aromatic heterocycles. The molecule has 0 saturated carbocycles. The molecular formula is C32H33FN2O5. The number of halogens is 1. The number of amides is 1. The van der Waals surface area contributed by atoms with Crippen molar-refractivity contribution in [3.63, 3.8) is 0 Å². The Hall–Kier alpha value is -3.88. The fourth-order valence-corrected chi connectivity index (χ4v) is 6.85. The Bertz CT molecular complexity index is 1350. The monoisotopic (exact) mass is 544 g/mol. The Balaban J connectivity index is 0.00000103. The number of piperidine rings is 3. The summed E-state index contributed by atoms with van der Waals surface area (Å²) >= 11 is 0. The summed E-state index contributed by atoms with van der Waals surface area (Å²) in [6.45, 7) is 3.30. The highest BCUT2D eigenvalue weighted by molar-refractivity contribution is 5.99. The number of carbonyl (C=O) groups is 3. The molecule has 3 aliphatic heterocycles. The molecule has 0 radical (unpaired) electrons. The van der Waals surface area contributed by atoms with Crippen LogP contribution in [0.15, 0.2) is 72.8 Å². The number of carbonyl (C=O) groups excluding carboxylic acids is 3. The van der Waals surface area contributed by atoms with E-state index in [2.05, 4.69) is 5.32 Å². The third-order valence-corrected chi connectivity index (χ3v) is 8.87. The van der Waals surface area contributed by atoms with Gasteiger partial charge in [-0.1, -0.05) is 48.5 Å². The van der Waals surface area contributed by atoms with Gasteiger partial charge in [0.1, 0.15) is 5.82 Å². The van der Waals surface area contributed by atoms with Crippen LogP contribution in [0.4, 0.5) is 4.39 Å². The normalized spacial score (nSPS) is 23.2. The van der Waals surface area contributed by atoms with Gasteiger partial charge in [-0.2, -0.15) is 0 Å². The number of hydrogen-bond donors (Lipinski definition) is 2. The van der Waals surface area contributed by atoms with Gasteiger partial charge < -0.3 is 24.8 Å². The smallest absolute Gasteiger partial charge is 0.261 e. The number of fused-ring (bicyclic) bond motifs is 6. The number of ketones is 1. The van der Waals surface area contributed by atoms with E-state index >= 15 is 0 Å². The number of rotatable bonds is 7. The van der Waals surface area contributed by atoms with Crippen molar-refractivity contribution in [1.29, 1.82) is 0 Å². The van der Waals surface area contributed by atoms with Crippen molar-refractivity contribution < 1.29 is 33.5 Å². The molecule has 3 aromatic carbocycles. The number of Topliss-reactive ketones (excluding diaryl/α,β-unsaturated/α-hetero) is 1. The van der Waals surface area contributed by atoms with Crippen LogP contribution in [0.2, 0.25) is 0 Å². The average molecular weight is 545 g/mol. The van der Waals surface area contributed by atoms with Gasteiger partial charge in [-0.25, -0.2) is 4.39 Å². The topological polar surface area (TPSA) is 107 Å². The number of hydrogen-bond acceptors (Lipinski definition) is 5. The lowest BCUT2D eigenvalue weighted by atomic mass is 9.80. The van der Waals surface area contributed by atoms with Crippen LogP contribution in [0, 0.1) is 11.7 Å². The number of nitrogens with zero attached hydrogens (tertiary/aromatic N) is 1. The van der Waals surface area contributed by atoms with Crippen LogP contribution in [0.25, 0.3) is 11.1 Å². The first-order valence-electron chi connectivity index (χ1n) is 13.7. The lowest BCUT2D eigenvalue weighted by molar-refractivity contribution is -0.944. The first-order valence-corrected chi connectivity index (χ1v) is 13.7. The lowest BCUT2D eigenvalue weighted by Crippen LogP contribution is -2.68. The fourth-order valence-electron chi connectivity index (χ4n) is 6.85. The Labute approximate surface area is 232 Å². The maximum Gasteiger partial charge on any atom is 0.261 e. The van der Waals surface area contributed by atoms with Crippen molar-refractivity contribution >= 4 is 18.2 Å². The highest BCUT2D eigenvalue weighted by Crippen LogP contribution is 2.47. The van der Waals surface area contributed by atoms with Gasteiger partial charge in [-0.05, 0) is 41.3 Å². The molecule has 1 amide bonds. The van der Waals surface area contributed by atoms with Gasteiger partial charge in [0, 0.05) is 48.8 Å². The molecule has 7 rings (SSSR count). The molecule has 8 heteroatoms. The van der Waals surface area contributed by atoms with Gasteiger partial charge in [0.15, 0.2) is 11.4 Å². The minimum absolute atomic E-state index is 0.00764. The molecule has 3 saturated heterocycles. The molecular weight excluding hydrogens is 511 g/mol. The molecule has 208 valence electrons. The number of nitrogens with one attached hydrogen (secondary N) is 1. The summed E-state index contributed by atoms with van der Waals surface area (Å²) in [6.07, 6.45) is 3.25. The molecule has 0 spiro atoms. The first kappa shape index (κ1) is 27.7. The van der Waals surface area contributed by atoms with Gasteiger partial charge in [0.25, 0.3) is 5.91 Å². The van der Waals surface area contributed by atoms with E-state index in [9.17, 15) is 19.1 Å². The minimum Gasteiger partial charge on any atom is -0.554 e. The molecule has 7 nitrogen and oxygen atoms in total. The van der Waals surface area contributed by atoms with E-state index in [-0.39, 0.29) is 23.5 Å². The summed E-state index contributed by atoms with van der Waals surface area (Å²) in [6, 6.07) is 20.9. The number of quaternary nitrogens is 1. The summed E-state index contributed by atoms with van der Waals surface area (Å²) in [5.74, 6) is -0.252. The summed E-state index contributed by atoms with van der Waals surface area (Å²) in [5.41, 5.74) is 1.93. The summed E-state index contributed by atoms with van der Waals surface area (Å²) in [4.78, 5) is 34.6. The van der Waals surface area contributed by atoms with Crippen LogP contribution in [0.1, 0.15) is 47.2 Å². The summed E-state index contributed by atoms with van der Waals surface area (Å²) in [5, 5.41) is 23.4. The number of benzene rings is 3. The van der Waals surface area contributed by atoms with Crippen LogP contribution >= 0.6 is 0 Å². The van der Waals surface area contributed by atoms with E-state index in [1.807, 2.05) is 48.5 Å². The van der Waals surface area contributed by atoms with E-state index in [4.69, 9.17) is 9.90 Å². The zero-order valence-corrected chi connectivity index (χ0v) is 22.2. The molecule has 2 N–H and O–H groups in total. The van der Waals surface area contributed by atoms with Crippen molar-refractivity contribution in [2.24, 2.45) is 5.92 Å². The predicted molar refractivity (Wildman–Crippen MR) is 145 cm³/mol. The molecule has 0 unspecified atom stereocenters. The fraction of sp³-hybridized carbons (Fsp3) is 0.344. The zero-order valence-electron chi connectivity index (χ0n) is 22.2. The van der Waals surface area contributed by atoms with Crippen molar-refractivity contribution in [2.45, 2.75) is 37.3 Å². The van der Waals surface area contributed by atoms with Crippen molar-refractivity contribution in [2.75, 3.05) is 26.2 Å². The lowest BCUT2D eigenvalue weighted by Gasteiger charge is -2.53. The van der Waals surface area contributed by atoms with E-state index in [0.29, 0.717) is 29.0 Å². The standard InChI is InChI=1S/C31H31FN2O3.CH2O2/c32-23-13-11-22(12-14-23)29(35)10-5-17-34-18-15-21(16-19-34)28(20-34)33-30(36)31(37)26-8-3-1-6-24(26)25-7-2-4-9-27(25)31;2-1-3/h1-4,6-9,11-14,21,28,37H,5,10,15-20H2;1H,(H,2,3)/t21?,28-,34?;/m0./s1. The quantitative estimate of drug-likeness (QED) is 0.270. The van der Waals surface area contributed by atoms with Gasteiger partial charge in [0.05, 0.1) is 32.2 Å². The second-order valence-electron chi connectivity index (χ2n) is 11.0. The Kier molecular flexibility index (Phi) is 7.83. The average Bonchev–Trinajstić information content (AvgIpc) is 3.24. The molecule has 4 aliphatic rings. The van der Waals surface area contributed by atoms with E-state index in [1.54, 1.807) is 12.1 Å². The largest absolute Gasteiger partial charge is 0.554 e. The molecule has 3 fully saturated rings. The Morgan fingerprint density at radius 2 is 1.52 bits per heavy atom. The molecule has 3 aromatic rings.